The predicted molar refractivity (Wildman–Crippen MR) is 47.3 cm³/mol. The second-order valence-corrected chi connectivity index (χ2v) is 2.43. The van der Waals surface area contributed by atoms with E-state index < -0.39 is 12.0 Å². The molecule has 0 aliphatic rings. The fourth-order valence-electron chi connectivity index (χ4n) is 0.633. The second kappa shape index (κ2) is 6.68. The lowest BCUT2D eigenvalue weighted by atomic mass is 10.2. The fraction of sp³-hybridized carbons (Fsp3) is 0.667. The van der Waals surface area contributed by atoms with E-state index in [-0.39, 0.29) is 0 Å². The molecule has 0 spiro atoms. The van der Waals surface area contributed by atoms with Crippen LogP contribution in [0.3, 0.4) is 0 Å². The Morgan fingerprint density at radius 2 is 2.33 bits per heavy atom. The van der Waals surface area contributed by atoms with Crippen LogP contribution in [0.1, 0.15) is 26.2 Å². The van der Waals surface area contributed by atoms with Crippen LogP contribution in [-0.2, 0) is 9.53 Å². The zero-order chi connectivity index (χ0) is 9.40. The quantitative estimate of drug-likeness (QED) is 0.384. The topological polar surface area (TPSA) is 52.3 Å². The number of hydrogen-bond acceptors (Lipinski definition) is 3. The van der Waals surface area contributed by atoms with Gasteiger partial charge in [0.2, 0.25) is 0 Å². The average Bonchev–Trinajstić information content (AvgIpc) is 2.10. The number of carbonyl (C=O) groups is 1. The minimum absolute atomic E-state index is 0.473. The Bertz CT molecular complexity index is 190. The van der Waals surface area contributed by atoms with Crippen LogP contribution < -0.4 is 5.73 Å². The van der Waals surface area contributed by atoms with Gasteiger partial charge in [0.25, 0.3) is 0 Å². The molecule has 0 aliphatic carbocycles. The van der Waals surface area contributed by atoms with E-state index in [2.05, 4.69) is 23.5 Å². The van der Waals surface area contributed by atoms with Crippen LogP contribution in [0.5, 0.6) is 0 Å². The van der Waals surface area contributed by atoms with Gasteiger partial charge in [-0.25, -0.2) is 4.79 Å². The van der Waals surface area contributed by atoms with Gasteiger partial charge in [-0.2, -0.15) is 0 Å². The Balaban J connectivity index is 3.70. The van der Waals surface area contributed by atoms with Crippen LogP contribution in [0.2, 0.25) is 0 Å². The van der Waals surface area contributed by atoms with Gasteiger partial charge in [0.15, 0.2) is 6.04 Å². The highest BCUT2D eigenvalue weighted by atomic mass is 16.5. The number of methoxy groups -OCH3 is 1. The molecule has 0 aromatic carbocycles. The van der Waals surface area contributed by atoms with Crippen molar-refractivity contribution in [2.75, 3.05) is 7.11 Å². The van der Waals surface area contributed by atoms with E-state index in [0.29, 0.717) is 0 Å². The van der Waals surface area contributed by atoms with E-state index in [0.717, 1.165) is 19.3 Å². The standard InChI is InChI=1S/C9H15NO2/c1-3-4-5-6-7-8(10)9(11)12-2/h8H,3-5,10H2,1-2H3. The third-order valence-electron chi connectivity index (χ3n) is 1.37. The van der Waals surface area contributed by atoms with Crippen LogP contribution in [0.4, 0.5) is 0 Å². The number of carbonyl (C=O) groups excluding carboxylic acids is 1. The Labute approximate surface area is 73.3 Å². The molecule has 0 bridgehead atoms. The lowest BCUT2D eigenvalue weighted by Crippen LogP contribution is -2.29. The normalized spacial score (nSPS) is 11.2. The van der Waals surface area contributed by atoms with Crippen LogP contribution in [0, 0.1) is 11.8 Å². The molecule has 1 atom stereocenters. The Morgan fingerprint density at radius 1 is 1.67 bits per heavy atom. The molecule has 0 saturated carbocycles. The van der Waals surface area contributed by atoms with Crippen LogP contribution in [-0.4, -0.2) is 19.1 Å². The van der Waals surface area contributed by atoms with E-state index in [1.54, 1.807) is 0 Å². The average molecular weight is 169 g/mol. The summed E-state index contributed by atoms with van der Waals surface area (Å²) in [4.78, 5) is 10.7. The third kappa shape index (κ3) is 4.75. The van der Waals surface area contributed by atoms with E-state index in [9.17, 15) is 4.79 Å². The lowest BCUT2D eigenvalue weighted by Gasteiger charge is -1.99. The molecule has 0 radical (unpaired) electrons. The van der Waals surface area contributed by atoms with Crippen molar-refractivity contribution in [3.05, 3.63) is 0 Å². The first-order valence-corrected chi connectivity index (χ1v) is 4.04. The first-order chi connectivity index (χ1) is 5.72. The molecule has 0 aromatic heterocycles. The third-order valence-corrected chi connectivity index (χ3v) is 1.37. The first-order valence-electron chi connectivity index (χ1n) is 4.04. The highest BCUT2D eigenvalue weighted by Gasteiger charge is 2.08. The molecule has 3 heteroatoms. The van der Waals surface area contributed by atoms with Crippen molar-refractivity contribution in [3.63, 3.8) is 0 Å². The zero-order valence-electron chi connectivity index (χ0n) is 7.59. The Kier molecular flexibility index (Phi) is 6.12. The van der Waals surface area contributed by atoms with Gasteiger partial charge >= 0.3 is 5.97 Å². The molecule has 0 aliphatic heterocycles. The summed E-state index contributed by atoms with van der Waals surface area (Å²) < 4.78 is 4.40. The van der Waals surface area contributed by atoms with Gasteiger partial charge in [0, 0.05) is 6.42 Å². The molecule has 0 saturated heterocycles. The van der Waals surface area contributed by atoms with Crippen molar-refractivity contribution in [3.8, 4) is 11.8 Å². The summed E-state index contributed by atoms with van der Waals surface area (Å²) in [6.07, 6.45) is 2.93. The molecular formula is C9H15NO2. The molecule has 68 valence electrons. The summed E-state index contributed by atoms with van der Waals surface area (Å²) in [7, 11) is 1.30. The Hall–Kier alpha value is -1.01. The molecule has 12 heavy (non-hydrogen) atoms. The van der Waals surface area contributed by atoms with E-state index in [1.165, 1.54) is 7.11 Å². The Morgan fingerprint density at radius 3 is 2.83 bits per heavy atom. The van der Waals surface area contributed by atoms with Gasteiger partial charge in [-0.3, -0.25) is 0 Å². The summed E-state index contributed by atoms with van der Waals surface area (Å²) in [6, 6.07) is -0.785. The summed E-state index contributed by atoms with van der Waals surface area (Å²) >= 11 is 0. The van der Waals surface area contributed by atoms with Crippen molar-refractivity contribution in [1.29, 1.82) is 0 Å². The molecule has 0 rings (SSSR count). The number of unbranched alkanes of at least 4 members (excludes halogenated alkanes) is 2. The van der Waals surface area contributed by atoms with Crippen LogP contribution >= 0.6 is 0 Å². The van der Waals surface area contributed by atoms with Gasteiger partial charge in [-0.05, 0) is 6.42 Å². The fourth-order valence-corrected chi connectivity index (χ4v) is 0.633. The first kappa shape index (κ1) is 11.0. The largest absolute Gasteiger partial charge is 0.467 e. The summed E-state index contributed by atoms with van der Waals surface area (Å²) in [6.45, 7) is 2.09. The molecule has 0 amide bonds. The van der Waals surface area contributed by atoms with E-state index >= 15 is 0 Å². The molecule has 1 unspecified atom stereocenters. The van der Waals surface area contributed by atoms with E-state index in [1.807, 2.05) is 0 Å². The molecule has 0 aromatic rings. The van der Waals surface area contributed by atoms with Crippen molar-refractivity contribution < 1.29 is 9.53 Å². The maximum atomic E-state index is 10.7. The van der Waals surface area contributed by atoms with Gasteiger partial charge in [-0.1, -0.05) is 19.3 Å². The van der Waals surface area contributed by atoms with Gasteiger partial charge in [0.05, 0.1) is 7.11 Å². The van der Waals surface area contributed by atoms with Crippen molar-refractivity contribution in [2.45, 2.75) is 32.2 Å². The second-order valence-electron chi connectivity index (χ2n) is 2.43. The van der Waals surface area contributed by atoms with Crippen molar-refractivity contribution in [2.24, 2.45) is 5.73 Å². The monoisotopic (exact) mass is 169 g/mol. The molecule has 0 heterocycles. The van der Waals surface area contributed by atoms with Crippen LogP contribution in [0.25, 0.3) is 0 Å². The number of esters is 1. The summed E-state index contributed by atoms with van der Waals surface area (Å²) in [5.74, 6) is 4.97. The van der Waals surface area contributed by atoms with Crippen LogP contribution in [0.15, 0.2) is 0 Å². The lowest BCUT2D eigenvalue weighted by molar-refractivity contribution is -0.140. The molecule has 3 nitrogen and oxygen atoms in total. The molecular weight excluding hydrogens is 154 g/mol. The minimum atomic E-state index is -0.785. The number of hydrogen-bond donors (Lipinski definition) is 1. The molecule has 2 N–H and O–H groups in total. The predicted octanol–water partition coefficient (Wildman–Crippen LogP) is 0.680. The highest BCUT2D eigenvalue weighted by molar-refractivity contribution is 5.78. The van der Waals surface area contributed by atoms with E-state index in [4.69, 9.17) is 5.73 Å². The SMILES string of the molecule is CCCCC#CC(N)C(=O)OC. The van der Waals surface area contributed by atoms with Gasteiger partial charge in [-0.15, -0.1) is 5.92 Å². The highest BCUT2D eigenvalue weighted by Crippen LogP contribution is 1.91. The van der Waals surface area contributed by atoms with Gasteiger partial charge in [0.1, 0.15) is 0 Å². The van der Waals surface area contributed by atoms with Gasteiger partial charge < -0.3 is 10.5 Å². The number of nitrogens with two attached hydrogens (primary N) is 1. The maximum Gasteiger partial charge on any atom is 0.335 e. The summed E-state index contributed by atoms with van der Waals surface area (Å²) in [5, 5.41) is 0. The zero-order valence-corrected chi connectivity index (χ0v) is 7.59. The van der Waals surface area contributed by atoms with Crippen molar-refractivity contribution >= 4 is 5.97 Å². The maximum absolute atomic E-state index is 10.7. The number of ether oxygens (including phenoxy) is 1. The minimum Gasteiger partial charge on any atom is -0.467 e. The molecule has 0 fully saturated rings. The number of rotatable bonds is 3. The van der Waals surface area contributed by atoms with Crippen molar-refractivity contribution in [1.82, 2.24) is 0 Å². The smallest absolute Gasteiger partial charge is 0.335 e. The summed E-state index contributed by atoms with van der Waals surface area (Å²) in [5.41, 5.74) is 5.36.